The molecule has 1 aliphatic rings. The Morgan fingerprint density at radius 3 is 2.89 bits per heavy atom. The van der Waals surface area contributed by atoms with Gasteiger partial charge in [-0.25, -0.2) is 4.39 Å². The second-order valence-electron chi connectivity index (χ2n) is 4.55. The molecule has 1 aromatic carbocycles. The number of halogens is 2. The largest absolute Gasteiger partial charge is 0.480 e. The van der Waals surface area contributed by atoms with Gasteiger partial charge in [-0.05, 0) is 30.7 Å². The third-order valence-corrected chi connectivity index (χ3v) is 3.54. The molecule has 1 atom stereocenters. The van der Waals surface area contributed by atoms with Crippen molar-refractivity contribution in [2.45, 2.75) is 12.5 Å². The first-order chi connectivity index (χ1) is 9.09. The molecule has 0 aromatic heterocycles. The molecule has 2 N–H and O–H groups in total. The van der Waals surface area contributed by atoms with Crippen molar-refractivity contribution < 1.29 is 14.3 Å². The molecule has 4 nitrogen and oxygen atoms in total. The number of hydrogen-bond donors (Lipinski definition) is 2. The van der Waals surface area contributed by atoms with Crippen LogP contribution < -0.4 is 5.32 Å². The van der Waals surface area contributed by atoms with E-state index in [1.807, 2.05) is 4.90 Å². The van der Waals surface area contributed by atoms with E-state index in [1.54, 1.807) is 6.07 Å². The van der Waals surface area contributed by atoms with E-state index in [0.717, 1.165) is 19.5 Å². The van der Waals surface area contributed by atoms with Crippen molar-refractivity contribution >= 4 is 17.6 Å². The van der Waals surface area contributed by atoms with E-state index in [9.17, 15) is 14.3 Å². The normalized spacial score (nSPS) is 18.8. The van der Waals surface area contributed by atoms with Crippen LogP contribution in [0.1, 0.15) is 18.0 Å². The van der Waals surface area contributed by atoms with Gasteiger partial charge in [-0.1, -0.05) is 17.7 Å². The van der Waals surface area contributed by atoms with Crippen LogP contribution in [0.5, 0.6) is 0 Å². The molecule has 0 spiro atoms. The van der Waals surface area contributed by atoms with Crippen molar-refractivity contribution in [3.8, 4) is 0 Å². The summed E-state index contributed by atoms with van der Waals surface area (Å²) in [5, 5.41) is 12.6. The molecular weight excluding hydrogens is 271 g/mol. The van der Waals surface area contributed by atoms with Gasteiger partial charge in [-0.2, -0.15) is 0 Å². The van der Waals surface area contributed by atoms with Crippen LogP contribution in [0.2, 0.25) is 5.02 Å². The first kappa shape index (κ1) is 14.2. The van der Waals surface area contributed by atoms with Gasteiger partial charge in [-0.3, -0.25) is 9.69 Å². The minimum Gasteiger partial charge on any atom is -0.480 e. The first-order valence-corrected chi connectivity index (χ1v) is 6.60. The smallest absolute Gasteiger partial charge is 0.325 e. The van der Waals surface area contributed by atoms with Crippen LogP contribution in [0.4, 0.5) is 4.39 Å². The van der Waals surface area contributed by atoms with E-state index in [2.05, 4.69) is 5.32 Å². The summed E-state index contributed by atoms with van der Waals surface area (Å²) in [5.41, 5.74) is 0.427. The molecule has 0 aliphatic carbocycles. The standard InChI is InChI=1S/C13H16ClFN2O2/c14-10-3-2-9(8-11(10)15)12(13(18)19)17-6-1-4-16-5-7-17/h2-3,8,12,16H,1,4-7H2,(H,18,19). The van der Waals surface area contributed by atoms with Crippen LogP contribution in [-0.4, -0.2) is 42.2 Å². The molecule has 0 radical (unpaired) electrons. The number of nitrogens with zero attached hydrogens (tertiary/aromatic N) is 1. The highest BCUT2D eigenvalue weighted by Crippen LogP contribution is 2.25. The average molecular weight is 287 g/mol. The summed E-state index contributed by atoms with van der Waals surface area (Å²) >= 11 is 5.63. The number of aliphatic carboxylic acids is 1. The summed E-state index contributed by atoms with van der Waals surface area (Å²) in [6.45, 7) is 2.91. The third kappa shape index (κ3) is 3.43. The van der Waals surface area contributed by atoms with Gasteiger partial charge in [0.2, 0.25) is 0 Å². The fraction of sp³-hybridized carbons (Fsp3) is 0.462. The van der Waals surface area contributed by atoms with Crippen LogP contribution in [-0.2, 0) is 4.79 Å². The van der Waals surface area contributed by atoms with Crippen molar-refractivity contribution in [1.29, 1.82) is 0 Å². The molecule has 6 heteroatoms. The second kappa shape index (κ2) is 6.32. The first-order valence-electron chi connectivity index (χ1n) is 6.22. The number of carboxylic acid groups (broad SMARTS) is 1. The number of hydrogen-bond acceptors (Lipinski definition) is 3. The lowest BCUT2D eigenvalue weighted by Gasteiger charge is -2.27. The maximum absolute atomic E-state index is 13.5. The van der Waals surface area contributed by atoms with E-state index in [1.165, 1.54) is 12.1 Å². The molecule has 1 saturated heterocycles. The highest BCUT2D eigenvalue weighted by molar-refractivity contribution is 6.30. The Kier molecular flexibility index (Phi) is 4.74. The lowest BCUT2D eigenvalue weighted by molar-refractivity contribution is -0.143. The predicted octanol–water partition coefficient (Wildman–Crippen LogP) is 1.90. The Morgan fingerprint density at radius 2 is 2.21 bits per heavy atom. The molecule has 1 fully saturated rings. The molecule has 19 heavy (non-hydrogen) atoms. The van der Waals surface area contributed by atoms with Gasteiger partial charge in [0, 0.05) is 19.6 Å². The van der Waals surface area contributed by atoms with E-state index < -0.39 is 17.8 Å². The van der Waals surface area contributed by atoms with Crippen LogP contribution in [0.15, 0.2) is 18.2 Å². The number of carbonyl (C=O) groups is 1. The molecule has 0 saturated carbocycles. The van der Waals surface area contributed by atoms with E-state index >= 15 is 0 Å². The zero-order valence-electron chi connectivity index (χ0n) is 10.4. The highest BCUT2D eigenvalue weighted by Gasteiger charge is 2.28. The van der Waals surface area contributed by atoms with Crippen molar-refractivity contribution in [1.82, 2.24) is 10.2 Å². The van der Waals surface area contributed by atoms with Gasteiger partial charge in [0.25, 0.3) is 0 Å². The summed E-state index contributed by atoms with van der Waals surface area (Å²) in [6.07, 6.45) is 0.875. The molecule has 1 heterocycles. The average Bonchev–Trinajstić information content (AvgIpc) is 2.62. The van der Waals surface area contributed by atoms with E-state index in [4.69, 9.17) is 11.6 Å². The van der Waals surface area contributed by atoms with Crippen LogP contribution in [0, 0.1) is 5.82 Å². The fourth-order valence-electron chi connectivity index (χ4n) is 2.32. The minimum atomic E-state index is -0.969. The van der Waals surface area contributed by atoms with Gasteiger partial charge in [0.1, 0.15) is 11.9 Å². The van der Waals surface area contributed by atoms with Gasteiger partial charge in [-0.15, -0.1) is 0 Å². The summed E-state index contributed by atoms with van der Waals surface area (Å²) in [4.78, 5) is 13.3. The van der Waals surface area contributed by atoms with Crippen molar-refractivity contribution in [2.75, 3.05) is 26.2 Å². The van der Waals surface area contributed by atoms with Crippen LogP contribution in [0.3, 0.4) is 0 Å². The van der Waals surface area contributed by atoms with Crippen LogP contribution >= 0.6 is 11.6 Å². The number of benzene rings is 1. The molecule has 104 valence electrons. The molecule has 1 aliphatic heterocycles. The highest BCUT2D eigenvalue weighted by atomic mass is 35.5. The zero-order chi connectivity index (χ0) is 13.8. The lowest BCUT2D eigenvalue weighted by atomic mass is 10.0. The quantitative estimate of drug-likeness (QED) is 0.891. The molecular formula is C13H16ClFN2O2. The SMILES string of the molecule is O=C(O)C(c1ccc(Cl)c(F)c1)N1CCCNCC1. The summed E-state index contributed by atoms with van der Waals surface area (Å²) in [7, 11) is 0. The summed E-state index contributed by atoms with van der Waals surface area (Å²) < 4.78 is 13.5. The zero-order valence-corrected chi connectivity index (χ0v) is 11.2. The monoisotopic (exact) mass is 286 g/mol. The lowest BCUT2D eigenvalue weighted by Crippen LogP contribution is -2.36. The molecule has 2 rings (SSSR count). The maximum Gasteiger partial charge on any atom is 0.325 e. The number of carboxylic acids is 1. The minimum absolute atomic E-state index is 0.00502. The second-order valence-corrected chi connectivity index (χ2v) is 4.96. The van der Waals surface area contributed by atoms with Gasteiger partial charge < -0.3 is 10.4 Å². The van der Waals surface area contributed by atoms with E-state index in [-0.39, 0.29) is 5.02 Å². The van der Waals surface area contributed by atoms with Crippen LogP contribution in [0.25, 0.3) is 0 Å². The molecule has 1 aromatic rings. The number of nitrogens with one attached hydrogen (secondary N) is 1. The Morgan fingerprint density at radius 1 is 1.42 bits per heavy atom. The number of rotatable bonds is 3. The third-order valence-electron chi connectivity index (χ3n) is 3.23. The Balaban J connectivity index is 2.27. The van der Waals surface area contributed by atoms with E-state index in [0.29, 0.717) is 18.7 Å². The van der Waals surface area contributed by atoms with Gasteiger partial charge in [0.05, 0.1) is 5.02 Å². The molecule has 0 bridgehead atoms. The summed E-state index contributed by atoms with van der Waals surface area (Å²) in [5.74, 6) is -1.55. The fourth-order valence-corrected chi connectivity index (χ4v) is 2.43. The molecule has 0 amide bonds. The van der Waals surface area contributed by atoms with Gasteiger partial charge >= 0.3 is 5.97 Å². The Labute approximate surface area is 116 Å². The Bertz CT molecular complexity index is 462. The summed E-state index contributed by atoms with van der Waals surface area (Å²) in [6, 6.07) is 3.35. The topological polar surface area (TPSA) is 52.6 Å². The van der Waals surface area contributed by atoms with Crippen molar-refractivity contribution in [3.05, 3.63) is 34.6 Å². The Hall–Kier alpha value is -1.17. The predicted molar refractivity (Wildman–Crippen MR) is 70.8 cm³/mol. The molecule has 1 unspecified atom stereocenters. The van der Waals surface area contributed by atoms with Crippen molar-refractivity contribution in [3.63, 3.8) is 0 Å². The van der Waals surface area contributed by atoms with Crippen molar-refractivity contribution in [2.24, 2.45) is 0 Å². The maximum atomic E-state index is 13.5. The van der Waals surface area contributed by atoms with Gasteiger partial charge in [0.15, 0.2) is 0 Å².